The van der Waals surface area contributed by atoms with Crippen LogP contribution in [0.3, 0.4) is 0 Å². The molecule has 4 aliphatic carbocycles. The molecule has 1 aromatic heterocycles. The van der Waals surface area contributed by atoms with Crippen LogP contribution in [0.4, 0.5) is 13.2 Å². The topological polar surface area (TPSA) is 66.8 Å². The molecule has 6 rings (SSSR count). The van der Waals surface area contributed by atoms with Crippen LogP contribution in [0.25, 0.3) is 0 Å². The first-order valence-electron chi connectivity index (χ1n) is 12.5. The Balaban J connectivity index is 1.42. The van der Waals surface area contributed by atoms with Crippen LogP contribution in [-0.2, 0) is 21.0 Å². The van der Waals surface area contributed by atoms with Crippen LogP contribution in [0.1, 0.15) is 38.0 Å². The van der Waals surface area contributed by atoms with E-state index < -0.39 is 70.4 Å². The summed E-state index contributed by atoms with van der Waals surface area (Å²) in [6.45, 7) is 2.91. The van der Waals surface area contributed by atoms with E-state index in [0.29, 0.717) is 19.5 Å². The van der Waals surface area contributed by atoms with Gasteiger partial charge >= 0.3 is 0 Å². The van der Waals surface area contributed by atoms with Gasteiger partial charge in [-0.25, -0.2) is 13.2 Å². The number of alkyl halides is 3. The molecule has 1 N–H and O–H groups in total. The Morgan fingerprint density at radius 2 is 2.08 bits per heavy atom. The van der Waals surface area contributed by atoms with Crippen LogP contribution in [0.5, 0.6) is 0 Å². The molecule has 1 aliphatic heterocycles. The van der Waals surface area contributed by atoms with E-state index in [4.69, 9.17) is 4.84 Å². The highest BCUT2D eigenvalue weighted by atomic mass is 32.1. The molecule has 1 saturated heterocycles. The number of hydroxylamine groups is 2. The Labute approximate surface area is 211 Å². The fraction of sp³-hybridized carbons (Fsp3) is 0.630. The van der Waals surface area contributed by atoms with Crippen molar-refractivity contribution in [3.05, 3.63) is 46.2 Å². The number of carbonyl (C=O) groups excluding carboxylic acids is 2. The van der Waals surface area contributed by atoms with E-state index in [-0.39, 0.29) is 18.4 Å². The first-order chi connectivity index (χ1) is 17.0. The number of fused-ring (bicyclic) bond motifs is 7. The smallest absolute Gasteiger partial charge is 0.198 e. The maximum Gasteiger partial charge on any atom is 0.198 e. The van der Waals surface area contributed by atoms with Crippen molar-refractivity contribution in [1.29, 1.82) is 0 Å². The molecule has 9 atom stereocenters. The number of aliphatic hydroxyl groups is 1. The van der Waals surface area contributed by atoms with Gasteiger partial charge in [-0.05, 0) is 61.3 Å². The number of ketones is 2. The van der Waals surface area contributed by atoms with Gasteiger partial charge in [-0.15, -0.1) is 11.3 Å². The molecule has 1 aromatic rings. The number of aliphatic hydroxyl groups excluding tert-OH is 1. The minimum atomic E-state index is -2.24. The van der Waals surface area contributed by atoms with Crippen molar-refractivity contribution in [2.75, 3.05) is 13.2 Å². The molecule has 0 spiro atoms. The van der Waals surface area contributed by atoms with Crippen molar-refractivity contribution in [1.82, 2.24) is 5.06 Å². The van der Waals surface area contributed by atoms with E-state index in [2.05, 4.69) is 0 Å². The molecule has 36 heavy (non-hydrogen) atoms. The lowest BCUT2D eigenvalue weighted by Crippen LogP contribution is -2.70. The third-order valence-corrected chi connectivity index (χ3v) is 11.0. The zero-order valence-electron chi connectivity index (χ0n) is 20.3. The summed E-state index contributed by atoms with van der Waals surface area (Å²) < 4.78 is 47.0. The summed E-state index contributed by atoms with van der Waals surface area (Å²) in [4.78, 5) is 32.7. The van der Waals surface area contributed by atoms with Crippen molar-refractivity contribution >= 4 is 22.9 Å². The second-order valence-electron chi connectivity index (χ2n) is 11.6. The second kappa shape index (κ2) is 7.85. The van der Waals surface area contributed by atoms with Gasteiger partial charge in [-0.3, -0.25) is 14.4 Å². The van der Waals surface area contributed by atoms with Gasteiger partial charge in [-0.1, -0.05) is 19.1 Å². The third kappa shape index (κ3) is 2.83. The quantitative estimate of drug-likeness (QED) is 0.640. The Morgan fingerprint density at radius 3 is 2.78 bits per heavy atom. The molecule has 0 radical (unpaired) electrons. The van der Waals surface area contributed by atoms with Gasteiger partial charge < -0.3 is 5.11 Å². The Hall–Kier alpha value is -1.81. The van der Waals surface area contributed by atoms with E-state index in [1.54, 1.807) is 30.2 Å². The summed E-state index contributed by atoms with van der Waals surface area (Å²) >= 11 is 1.55. The van der Waals surface area contributed by atoms with Gasteiger partial charge in [0, 0.05) is 34.1 Å². The maximum absolute atomic E-state index is 17.3. The average Bonchev–Trinajstić information content (AvgIpc) is 3.53. The van der Waals surface area contributed by atoms with Crippen LogP contribution >= 0.6 is 11.3 Å². The number of rotatable bonds is 4. The number of thiophene rings is 1. The van der Waals surface area contributed by atoms with Gasteiger partial charge in [0.15, 0.2) is 29.5 Å². The van der Waals surface area contributed by atoms with Gasteiger partial charge in [0.25, 0.3) is 0 Å². The summed E-state index contributed by atoms with van der Waals surface area (Å²) in [5.74, 6) is -2.93. The molecule has 4 fully saturated rings. The standard InChI is InChI=1S/C27H30F3NO4S/c1-24-6-5-16(32)9-20(24)21(29)10-19-18-8-15-13-31(14-17-4-3-7-36-17)35-27(15,23(34)12-28)25(18,2)11-22(33)26(19,24)30/h3-7,9,15,18-19,21-22,33H,8,10-14H2,1-2H3/t15-,18-,19-,21-,22-,24-,25-,26-,27-/m0/s1. The van der Waals surface area contributed by atoms with E-state index in [0.717, 1.165) is 11.0 Å². The number of halogens is 3. The van der Waals surface area contributed by atoms with Crippen LogP contribution in [0.2, 0.25) is 0 Å². The van der Waals surface area contributed by atoms with Gasteiger partial charge in [-0.2, -0.15) is 5.06 Å². The second-order valence-corrected chi connectivity index (χ2v) is 12.6. The summed E-state index contributed by atoms with van der Waals surface area (Å²) in [5, 5.41) is 15.1. The molecule has 0 amide bonds. The predicted molar refractivity (Wildman–Crippen MR) is 127 cm³/mol. The highest BCUT2D eigenvalue weighted by molar-refractivity contribution is 7.09. The summed E-state index contributed by atoms with van der Waals surface area (Å²) in [7, 11) is 0. The molecule has 194 valence electrons. The highest BCUT2D eigenvalue weighted by Crippen LogP contribution is 2.72. The average molecular weight is 522 g/mol. The van der Waals surface area contributed by atoms with Crippen molar-refractivity contribution in [2.45, 2.75) is 63.2 Å². The fourth-order valence-electron chi connectivity index (χ4n) is 8.59. The Kier molecular flexibility index (Phi) is 5.35. The van der Waals surface area contributed by atoms with Crippen molar-refractivity contribution in [3.8, 4) is 0 Å². The molecular formula is C27H30F3NO4S. The minimum absolute atomic E-state index is 0.0579. The SMILES string of the molecule is C[C@]12C=CC(=O)C=C1[C@@H](F)C[C@H]1[C@@H]3C[C@H]4CN(Cc5cccs5)O[C@@]4(C(=O)CF)[C@@]3(C)C[C@H](O)[C@@]12F. The lowest BCUT2D eigenvalue weighted by atomic mass is 9.44. The first-order valence-corrected chi connectivity index (χ1v) is 13.4. The van der Waals surface area contributed by atoms with Crippen LogP contribution in [-0.4, -0.2) is 58.5 Å². The normalized spacial score (nSPS) is 47.7. The van der Waals surface area contributed by atoms with Gasteiger partial charge in [0.2, 0.25) is 0 Å². The maximum atomic E-state index is 17.3. The number of nitrogens with zero attached hydrogens (tertiary/aromatic N) is 1. The summed E-state index contributed by atoms with van der Waals surface area (Å²) in [5.41, 5.74) is -6.31. The summed E-state index contributed by atoms with van der Waals surface area (Å²) in [6.07, 6.45) is 0.722. The lowest BCUT2D eigenvalue weighted by molar-refractivity contribution is -0.269. The Bertz CT molecular complexity index is 1170. The molecule has 3 saturated carbocycles. The highest BCUT2D eigenvalue weighted by Gasteiger charge is 2.79. The number of hydrogen-bond donors (Lipinski definition) is 1. The van der Waals surface area contributed by atoms with Crippen molar-refractivity contribution in [3.63, 3.8) is 0 Å². The monoisotopic (exact) mass is 521 g/mol. The number of carbonyl (C=O) groups is 2. The minimum Gasteiger partial charge on any atom is -0.390 e. The van der Waals surface area contributed by atoms with E-state index in [9.17, 15) is 19.1 Å². The first kappa shape index (κ1) is 24.5. The molecule has 5 nitrogen and oxygen atoms in total. The molecule has 2 heterocycles. The fourth-order valence-corrected chi connectivity index (χ4v) is 9.30. The number of Topliss-reactive ketones (excluding diaryl/α,β-unsaturated/α-hetero) is 1. The van der Waals surface area contributed by atoms with Gasteiger partial charge in [0.1, 0.15) is 6.17 Å². The number of allylic oxidation sites excluding steroid dienone is 4. The van der Waals surface area contributed by atoms with Crippen molar-refractivity contribution in [2.24, 2.45) is 28.6 Å². The molecule has 0 aromatic carbocycles. The zero-order valence-corrected chi connectivity index (χ0v) is 21.1. The van der Waals surface area contributed by atoms with Crippen molar-refractivity contribution < 1.29 is 32.7 Å². The number of hydrogen-bond acceptors (Lipinski definition) is 6. The van der Waals surface area contributed by atoms with Crippen LogP contribution in [0, 0.1) is 28.6 Å². The predicted octanol–water partition coefficient (Wildman–Crippen LogP) is 4.32. The van der Waals surface area contributed by atoms with E-state index in [1.807, 2.05) is 17.5 Å². The van der Waals surface area contributed by atoms with Gasteiger partial charge in [0.05, 0.1) is 12.6 Å². The molecule has 0 bridgehead atoms. The largest absolute Gasteiger partial charge is 0.390 e. The van der Waals surface area contributed by atoms with E-state index >= 15 is 8.78 Å². The molecular weight excluding hydrogens is 491 g/mol. The molecule has 0 unspecified atom stereocenters. The third-order valence-electron chi connectivity index (χ3n) is 10.1. The zero-order chi connectivity index (χ0) is 25.7. The summed E-state index contributed by atoms with van der Waals surface area (Å²) in [6, 6.07) is 3.87. The van der Waals surface area contributed by atoms with Crippen LogP contribution < -0.4 is 0 Å². The van der Waals surface area contributed by atoms with Crippen LogP contribution in [0.15, 0.2) is 41.3 Å². The lowest BCUT2D eigenvalue weighted by Gasteiger charge is -2.63. The molecule has 9 heteroatoms. The van der Waals surface area contributed by atoms with E-state index in [1.165, 1.54) is 12.2 Å². The molecule has 5 aliphatic rings. The Morgan fingerprint density at radius 1 is 1.31 bits per heavy atom.